The van der Waals surface area contributed by atoms with E-state index in [0.29, 0.717) is 29.7 Å². The second-order valence-corrected chi connectivity index (χ2v) is 7.43. The lowest BCUT2D eigenvalue weighted by Gasteiger charge is -2.08. The molecule has 1 saturated carbocycles. The van der Waals surface area contributed by atoms with E-state index < -0.39 is 0 Å². The fourth-order valence-electron chi connectivity index (χ4n) is 3.30. The van der Waals surface area contributed by atoms with Crippen molar-refractivity contribution in [1.29, 1.82) is 0 Å². The van der Waals surface area contributed by atoms with Gasteiger partial charge in [0.05, 0.1) is 0 Å². The molecule has 156 valence electrons. The van der Waals surface area contributed by atoms with Gasteiger partial charge in [0.25, 0.3) is 0 Å². The quantitative estimate of drug-likeness (QED) is 0.302. The second kappa shape index (κ2) is 9.00. The maximum atomic E-state index is 12.9. The largest absolute Gasteiger partial charge is 0.492 e. The van der Waals surface area contributed by atoms with Crippen LogP contribution in [0.25, 0.3) is 0 Å². The zero-order valence-corrected chi connectivity index (χ0v) is 17.1. The number of hydrogen-bond acceptors (Lipinski definition) is 6. The van der Waals surface area contributed by atoms with Gasteiger partial charge in [-0.15, -0.1) is 0 Å². The summed E-state index contributed by atoms with van der Waals surface area (Å²) in [6.07, 6.45) is 2.38. The van der Waals surface area contributed by atoms with Crippen molar-refractivity contribution < 1.29 is 9.53 Å². The molecule has 5 N–H and O–H groups in total. The minimum Gasteiger partial charge on any atom is -0.492 e. The number of ether oxygens (including phenoxy) is 1. The first-order valence-electron chi connectivity index (χ1n) is 10.3. The van der Waals surface area contributed by atoms with Gasteiger partial charge in [-0.2, -0.15) is 4.98 Å². The number of anilines is 3. The first-order valence-corrected chi connectivity index (χ1v) is 10.3. The molecule has 7 heteroatoms. The summed E-state index contributed by atoms with van der Waals surface area (Å²) in [5, 5.41) is 6.36. The van der Waals surface area contributed by atoms with Gasteiger partial charge in [0.1, 0.15) is 18.1 Å². The highest BCUT2D eigenvalue weighted by Crippen LogP contribution is 2.40. The zero-order chi connectivity index (χ0) is 20.9. The van der Waals surface area contributed by atoms with Crippen LogP contribution in [0.5, 0.6) is 5.75 Å². The number of hydrogen-bond donors (Lipinski definition) is 4. The van der Waals surface area contributed by atoms with Gasteiger partial charge in [0.15, 0.2) is 5.82 Å². The molecule has 0 atom stereocenters. The second-order valence-electron chi connectivity index (χ2n) is 7.43. The number of benzene rings is 2. The first-order chi connectivity index (χ1) is 14.6. The number of nitrogens with two attached hydrogens (primary N) is 1. The molecule has 1 fully saturated rings. The molecule has 7 nitrogen and oxygen atoms in total. The molecule has 0 amide bonds. The van der Waals surface area contributed by atoms with Crippen LogP contribution in [0.2, 0.25) is 0 Å². The summed E-state index contributed by atoms with van der Waals surface area (Å²) in [4.78, 5) is 20.2. The number of aromatic amines is 1. The van der Waals surface area contributed by atoms with Crippen LogP contribution >= 0.6 is 0 Å². The minimum absolute atomic E-state index is 0.153. The molecule has 0 radical (unpaired) electrons. The Hall–Kier alpha value is -3.32. The average Bonchev–Trinajstić information content (AvgIpc) is 3.55. The summed E-state index contributed by atoms with van der Waals surface area (Å²) in [5.41, 5.74) is 8.97. The van der Waals surface area contributed by atoms with Crippen LogP contribution in [0.1, 0.15) is 47.3 Å². The molecule has 1 aliphatic rings. The lowest BCUT2D eigenvalue weighted by Crippen LogP contribution is -2.20. The molecule has 0 bridgehead atoms. The standard InChI is InChI=1S/C23H27N5O2/c1-2-25-12-13-30-19-10-8-18(9-11-19)26-23-27-20(22(24)28-23)21(29)17-5-3-4-16(14-17)15-6-7-15/h3-5,8-11,14-15,25H,2,6-7,12-13,24H2,1H3,(H2,26,27,28). The molecule has 0 aliphatic heterocycles. The Bertz CT molecular complexity index is 1010. The minimum atomic E-state index is -0.153. The van der Waals surface area contributed by atoms with Gasteiger partial charge in [-0.05, 0) is 61.2 Å². The molecule has 4 rings (SSSR count). The average molecular weight is 406 g/mol. The Morgan fingerprint density at radius 3 is 2.77 bits per heavy atom. The number of nitrogens with one attached hydrogen (secondary N) is 3. The van der Waals surface area contributed by atoms with E-state index in [1.54, 1.807) is 0 Å². The Labute approximate surface area is 176 Å². The van der Waals surface area contributed by atoms with Gasteiger partial charge in [0.2, 0.25) is 11.7 Å². The monoisotopic (exact) mass is 405 g/mol. The summed E-state index contributed by atoms with van der Waals surface area (Å²) >= 11 is 0. The molecule has 3 aromatic rings. The number of ketones is 1. The van der Waals surface area contributed by atoms with Gasteiger partial charge < -0.3 is 26.1 Å². The summed E-state index contributed by atoms with van der Waals surface area (Å²) in [6.45, 7) is 4.41. The number of H-pyrrole nitrogens is 1. The molecular weight excluding hydrogens is 378 g/mol. The topological polar surface area (TPSA) is 105 Å². The van der Waals surface area contributed by atoms with Crippen LogP contribution in [0.15, 0.2) is 48.5 Å². The Morgan fingerprint density at radius 2 is 2.03 bits per heavy atom. The molecule has 1 heterocycles. The van der Waals surface area contributed by atoms with Crippen LogP contribution in [0, 0.1) is 0 Å². The molecule has 30 heavy (non-hydrogen) atoms. The summed E-state index contributed by atoms with van der Waals surface area (Å²) in [6, 6.07) is 15.3. The highest BCUT2D eigenvalue weighted by molar-refractivity contribution is 6.10. The lowest BCUT2D eigenvalue weighted by atomic mass is 10.0. The van der Waals surface area contributed by atoms with Gasteiger partial charge in [-0.25, -0.2) is 0 Å². The van der Waals surface area contributed by atoms with Crippen molar-refractivity contribution in [2.45, 2.75) is 25.7 Å². The van der Waals surface area contributed by atoms with Crippen LogP contribution in [-0.2, 0) is 0 Å². The summed E-state index contributed by atoms with van der Waals surface area (Å²) in [7, 11) is 0. The van der Waals surface area contributed by atoms with Crippen molar-refractivity contribution >= 4 is 23.2 Å². The number of likely N-dealkylation sites (N-methyl/N-ethyl adjacent to an activating group) is 1. The summed E-state index contributed by atoms with van der Waals surface area (Å²) < 4.78 is 5.67. The maximum Gasteiger partial charge on any atom is 0.213 e. The van der Waals surface area contributed by atoms with E-state index >= 15 is 0 Å². The number of rotatable bonds is 10. The van der Waals surface area contributed by atoms with E-state index in [4.69, 9.17) is 10.5 Å². The third kappa shape index (κ3) is 4.80. The van der Waals surface area contributed by atoms with Crippen molar-refractivity contribution in [1.82, 2.24) is 15.3 Å². The molecule has 0 unspecified atom stereocenters. The molecule has 1 aliphatic carbocycles. The van der Waals surface area contributed by atoms with E-state index in [9.17, 15) is 4.79 Å². The molecule has 1 aromatic heterocycles. The number of carbonyl (C=O) groups excluding carboxylic acids is 1. The first kappa shape index (κ1) is 20.0. The fraction of sp³-hybridized carbons (Fsp3) is 0.304. The van der Waals surface area contributed by atoms with E-state index in [1.807, 2.05) is 42.5 Å². The normalized spacial score (nSPS) is 13.2. The van der Waals surface area contributed by atoms with Crippen LogP contribution in [-0.4, -0.2) is 35.4 Å². The van der Waals surface area contributed by atoms with Crippen molar-refractivity contribution in [2.75, 3.05) is 30.7 Å². The highest BCUT2D eigenvalue weighted by Gasteiger charge is 2.25. The molecule has 2 aromatic carbocycles. The Balaban J connectivity index is 1.41. The SMILES string of the molecule is CCNCCOc1ccc(Nc2nc(N)c(C(=O)c3cccc(C4CC4)c3)[nH]2)cc1. The van der Waals surface area contributed by atoms with Crippen molar-refractivity contribution in [3.63, 3.8) is 0 Å². The van der Waals surface area contributed by atoms with E-state index in [1.165, 1.54) is 18.4 Å². The predicted molar refractivity (Wildman–Crippen MR) is 119 cm³/mol. The van der Waals surface area contributed by atoms with Crippen LogP contribution in [0.4, 0.5) is 17.5 Å². The third-order valence-corrected chi connectivity index (χ3v) is 5.07. The predicted octanol–water partition coefficient (Wildman–Crippen LogP) is 3.83. The van der Waals surface area contributed by atoms with Gasteiger partial charge in [0, 0.05) is 17.8 Å². The zero-order valence-electron chi connectivity index (χ0n) is 17.1. The molecule has 0 spiro atoms. The number of aromatic nitrogens is 2. The Kier molecular flexibility index (Phi) is 5.99. The van der Waals surface area contributed by atoms with E-state index in [2.05, 4.69) is 33.6 Å². The third-order valence-electron chi connectivity index (χ3n) is 5.07. The van der Waals surface area contributed by atoms with Crippen LogP contribution < -0.4 is 21.1 Å². The van der Waals surface area contributed by atoms with Gasteiger partial charge in [-0.1, -0.05) is 25.1 Å². The van der Waals surface area contributed by atoms with Crippen molar-refractivity contribution in [2.24, 2.45) is 0 Å². The highest BCUT2D eigenvalue weighted by atomic mass is 16.5. The maximum absolute atomic E-state index is 12.9. The lowest BCUT2D eigenvalue weighted by molar-refractivity contribution is 0.103. The smallest absolute Gasteiger partial charge is 0.213 e. The molecular formula is C23H27N5O2. The van der Waals surface area contributed by atoms with Crippen molar-refractivity contribution in [3.8, 4) is 5.75 Å². The number of nitrogen functional groups attached to an aromatic ring is 1. The van der Waals surface area contributed by atoms with Crippen molar-refractivity contribution in [3.05, 3.63) is 65.4 Å². The van der Waals surface area contributed by atoms with E-state index in [0.717, 1.165) is 24.5 Å². The number of imidazole rings is 1. The van der Waals surface area contributed by atoms with E-state index in [-0.39, 0.29) is 11.6 Å². The summed E-state index contributed by atoms with van der Waals surface area (Å²) in [5.74, 6) is 1.84. The van der Waals surface area contributed by atoms with Gasteiger partial charge >= 0.3 is 0 Å². The fourth-order valence-corrected chi connectivity index (χ4v) is 3.30. The van der Waals surface area contributed by atoms with Crippen LogP contribution in [0.3, 0.4) is 0 Å². The van der Waals surface area contributed by atoms with Gasteiger partial charge in [-0.3, -0.25) is 4.79 Å². The Morgan fingerprint density at radius 1 is 1.23 bits per heavy atom. The number of nitrogens with zero attached hydrogens (tertiary/aromatic N) is 1. The molecule has 0 saturated heterocycles. The number of carbonyl (C=O) groups is 1.